The van der Waals surface area contributed by atoms with Crippen LogP contribution in [0, 0.1) is 17.2 Å². The van der Waals surface area contributed by atoms with Crippen LogP contribution in [-0.4, -0.2) is 88.6 Å². The van der Waals surface area contributed by atoms with Gasteiger partial charge in [-0.1, -0.05) is 0 Å². The molecule has 7 rings (SSSR count). The lowest BCUT2D eigenvalue weighted by atomic mass is 9.74. The number of hydrogen-bond donors (Lipinski definition) is 2. The van der Waals surface area contributed by atoms with Gasteiger partial charge in [0.1, 0.15) is 23.8 Å². The molecule has 0 bridgehead atoms. The van der Waals surface area contributed by atoms with E-state index in [1.165, 1.54) is 4.88 Å². The molecule has 0 unspecified atom stereocenters. The van der Waals surface area contributed by atoms with Gasteiger partial charge in [0.05, 0.1) is 11.1 Å². The summed E-state index contributed by atoms with van der Waals surface area (Å²) in [7, 11) is 0. The van der Waals surface area contributed by atoms with Crippen LogP contribution in [0.15, 0.2) is 0 Å². The minimum Gasteiger partial charge on any atom is -0.461 e. The highest BCUT2D eigenvalue weighted by Gasteiger charge is 2.53. The molecule has 12 heteroatoms. The second-order valence-electron chi connectivity index (χ2n) is 12.5. The van der Waals surface area contributed by atoms with Crippen LogP contribution >= 0.6 is 11.3 Å². The van der Waals surface area contributed by atoms with Crippen LogP contribution in [0.1, 0.15) is 61.5 Å². The van der Waals surface area contributed by atoms with Crippen molar-refractivity contribution < 1.29 is 14.2 Å². The summed E-state index contributed by atoms with van der Waals surface area (Å²) in [5.74, 6) is 1.28. The lowest BCUT2D eigenvalue weighted by Gasteiger charge is -2.49. The Morgan fingerprint density at radius 3 is 2.83 bits per heavy atom. The van der Waals surface area contributed by atoms with Crippen LogP contribution in [0.25, 0.3) is 0 Å². The van der Waals surface area contributed by atoms with Crippen LogP contribution < -0.4 is 20.3 Å². The van der Waals surface area contributed by atoms with Crippen LogP contribution in [0.5, 0.6) is 6.01 Å². The summed E-state index contributed by atoms with van der Waals surface area (Å²) in [5.41, 5.74) is 7.54. The van der Waals surface area contributed by atoms with Crippen molar-refractivity contribution in [3.8, 4) is 12.1 Å². The molecule has 4 atom stereocenters. The molecule has 1 spiro atoms. The summed E-state index contributed by atoms with van der Waals surface area (Å²) in [5, 5.41) is 20.3. The number of nitrogens with zero attached hydrogens (tertiary/aromatic N) is 7. The Morgan fingerprint density at radius 2 is 2.02 bits per heavy atom. The van der Waals surface area contributed by atoms with E-state index < -0.39 is 6.17 Å². The lowest BCUT2D eigenvalue weighted by Crippen LogP contribution is -2.59. The summed E-state index contributed by atoms with van der Waals surface area (Å²) >= 11 is 1.55. The molecule has 3 N–H and O–H groups in total. The number of nitriles is 1. The summed E-state index contributed by atoms with van der Waals surface area (Å²) in [4.78, 5) is 22.2. The molecule has 0 saturated carbocycles. The first kappa shape index (κ1) is 26.2. The van der Waals surface area contributed by atoms with Gasteiger partial charge in [-0.15, -0.1) is 11.3 Å². The number of nitrogen functional groups attached to an aromatic ring is 1. The molecule has 1 aliphatic carbocycles. The molecule has 40 heavy (non-hydrogen) atoms. The maximum absolute atomic E-state index is 14.4. The average molecular weight is 569 g/mol. The summed E-state index contributed by atoms with van der Waals surface area (Å²) < 4.78 is 20.7. The van der Waals surface area contributed by atoms with E-state index in [1.807, 2.05) is 0 Å². The van der Waals surface area contributed by atoms with Crippen molar-refractivity contribution in [3.05, 3.63) is 16.0 Å². The highest BCUT2D eigenvalue weighted by atomic mass is 32.1. The molecule has 0 amide bonds. The number of thiophene rings is 1. The van der Waals surface area contributed by atoms with E-state index >= 15 is 0 Å². The quantitative estimate of drug-likeness (QED) is 0.537. The fraction of sp³-hybridized carbons (Fsp3) is 0.714. The molecule has 4 aliphatic heterocycles. The van der Waals surface area contributed by atoms with E-state index in [9.17, 15) is 14.8 Å². The minimum absolute atomic E-state index is 0.0833. The van der Waals surface area contributed by atoms with Gasteiger partial charge in [0, 0.05) is 61.5 Å². The first-order chi connectivity index (χ1) is 19.3. The normalized spacial score (nSPS) is 30.8. The summed E-state index contributed by atoms with van der Waals surface area (Å²) in [6.07, 6.45) is 5.49. The lowest BCUT2D eigenvalue weighted by molar-refractivity contribution is 0.107. The number of rotatable bonds is 6. The second kappa shape index (κ2) is 9.67. The standard InChI is InChI=1S/C28H37FN8O2S/c1-17-18(13-38)4-2-9-37(17)25-32-24(33-26(34-25)39-16-28-6-3-8-36(28)12-19(29)10-28)35-14-27(15-35)7-5-21-22(27)20(11-30)23(31)40-21/h17-19,38H,2-10,12-16,31H2,1H3/t17-,18+,19-,28+/m1/s1. The van der Waals surface area contributed by atoms with Crippen LogP contribution in [-0.2, 0) is 11.8 Å². The maximum Gasteiger partial charge on any atom is 0.323 e. The zero-order chi connectivity index (χ0) is 27.6. The minimum atomic E-state index is -0.823. The third-order valence-corrected chi connectivity index (χ3v) is 11.3. The number of nitrogens with two attached hydrogens (primary N) is 1. The van der Waals surface area contributed by atoms with Gasteiger partial charge in [-0.05, 0) is 57.6 Å². The fourth-order valence-electron chi connectivity index (χ4n) is 8.03. The molecule has 214 valence electrons. The van der Waals surface area contributed by atoms with Gasteiger partial charge in [-0.25, -0.2) is 4.39 Å². The topological polar surface area (TPSA) is 128 Å². The molecule has 2 aromatic heterocycles. The third kappa shape index (κ3) is 4.03. The van der Waals surface area contributed by atoms with E-state index in [0.717, 1.165) is 57.2 Å². The van der Waals surface area contributed by atoms with Crippen molar-refractivity contribution in [1.82, 2.24) is 19.9 Å². The second-order valence-corrected chi connectivity index (χ2v) is 13.6. The number of alkyl halides is 1. The maximum atomic E-state index is 14.4. The molecule has 10 nitrogen and oxygen atoms in total. The van der Waals surface area contributed by atoms with Gasteiger partial charge in [-0.2, -0.15) is 20.2 Å². The zero-order valence-electron chi connectivity index (χ0n) is 23.0. The summed E-state index contributed by atoms with van der Waals surface area (Å²) in [6.45, 7) is 6.20. The van der Waals surface area contributed by atoms with Crippen molar-refractivity contribution in [2.45, 2.75) is 75.0 Å². The predicted octanol–water partition coefficient (Wildman–Crippen LogP) is 2.64. The Balaban J connectivity index is 1.18. The number of aromatic nitrogens is 3. The van der Waals surface area contributed by atoms with Crippen molar-refractivity contribution in [2.24, 2.45) is 5.92 Å². The number of aliphatic hydroxyl groups is 1. The number of ether oxygens (including phenoxy) is 1. The third-order valence-electron chi connectivity index (χ3n) is 10.2. The first-order valence-electron chi connectivity index (χ1n) is 14.6. The van der Waals surface area contributed by atoms with Crippen molar-refractivity contribution in [1.29, 1.82) is 5.26 Å². The Bertz CT molecular complexity index is 1340. The average Bonchev–Trinajstić information content (AvgIpc) is 3.64. The number of hydrogen-bond acceptors (Lipinski definition) is 11. The monoisotopic (exact) mass is 568 g/mol. The molecular weight excluding hydrogens is 531 g/mol. The van der Waals surface area contributed by atoms with E-state index in [4.69, 9.17) is 25.4 Å². The number of fused-ring (bicyclic) bond motifs is 3. The van der Waals surface area contributed by atoms with Gasteiger partial charge in [0.15, 0.2) is 0 Å². The van der Waals surface area contributed by atoms with Crippen LogP contribution in [0.3, 0.4) is 0 Å². The van der Waals surface area contributed by atoms with Gasteiger partial charge in [0.2, 0.25) is 11.9 Å². The van der Waals surface area contributed by atoms with Crippen molar-refractivity contribution in [2.75, 3.05) is 61.5 Å². The Labute approximate surface area is 238 Å². The number of aliphatic hydroxyl groups excluding tert-OH is 1. The molecule has 0 radical (unpaired) electrons. The SMILES string of the molecule is C[C@@H]1[C@H](CO)CCCN1c1nc(OC[C@@]23CCCN2C[C@H](F)C3)nc(N2CC3(CCc4sc(N)c(C#N)c43)C2)n1. The molecule has 6 heterocycles. The number of aryl methyl sites for hydroxylation is 1. The predicted molar refractivity (Wildman–Crippen MR) is 151 cm³/mol. The van der Waals surface area contributed by atoms with E-state index in [-0.39, 0.29) is 35.5 Å². The number of piperidine rings is 1. The van der Waals surface area contributed by atoms with Crippen molar-refractivity contribution >= 4 is 28.2 Å². The van der Waals surface area contributed by atoms with Crippen molar-refractivity contribution in [3.63, 3.8) is 0 Å². The van der Waals surface area contributed by atoms with E-state index in [2.05, 4.69) is 27.7 Å². The van der Waals surface area contributed by atoms with E-state index in [0.29, 0.717) is 55.1 Å². The molecular formula is C28H37FN8O2S. The van der Waals surface area contributed by atoms with Gasteiger partial charge in [-0.3, -0.25) is 4.90 Å². The number of anilines is 3. The van der Waals surface area contributed by atoms with E-state index in [1.54, 1.807) is 11.3 Å². The van der Waals surface area contributed by atoms with Crippen LogP contribution in [0.2, 0.25) is 0 Å². The molecule has 5 aliphatic rings. The molecule has 4 saturated heterocycles. The van der Waals surface area contributed by atoms with Crippen LogP contribution in [0.4, 0.5) is 21.3 Å². The highest BCUT2D eigenvalue weighted by Crippen LogP contribution is 2.52. The fourth-order valence-corrected chi connectivity index (χ4v) is 9.17. The Kier molecular flexibility index (Phi) is 6.33. The Morgan fingerprint density at radius 1 is 1.20 bits per heavy atom. The smallest absolute Gasteiger partial charge is 0.323 e. The largest absolute Gasteiger partial charge is 0.461 e. The zero-order valence-corrected chi connectivity index (χ0v) is 23.8. The summed E-state index contributed by atoms with van der Waals surface area (Å²) in [6, 6.07) is 2.70. The van der Waals surface area contributed by atoms with Gasteiger partial charge < -0.3 is 25.4 Å². The Hall–Kier alpha value is -2.75. The first-order valence-corrected chi connectivity index (χ1v) is 15.4. The molecule has 4 fully saturated rings. The number of halogens is 1. The molecule has 0 aromatic carbocycles. The van der Waals surface area contributed by atoms with Gasteiger partial charge in [0.25, 0.3) is 0 Å². The highest BCUT2D eigenvalue weighted by molar-refractivity contribution is 7.16. The molecule has 2 aromatic rings. The van der Waals surface area contributed by atoms with Gasteiger partial charge >= 0.3 is 6.01 Å².